The predicted molar refractivity (Wildman–Crippen MR) is 209 cm³/mol. The number of para-hydroxylation sites is 2. The van der Waals surface area contributed by atoms with Gasteiger partial charge in [-0.15, -0.1) is 0 Å². The highest BCUT2D eigenvalue weighted by Gasteiger charge is 2.44. The lowest BCUT2D eigenvalue weighted by molar-refractivity contribution is 0.811. The Morgan fingerprint density at radius 2 is 1.24 bits per heavy atom. The summed E-state index contributed by atoms with van der Waals surface area (Å²) in [5.41, 5.74) is 11.4. The summed E-state index contributed by atoms with van der Waals surface area (Å²) in [7, 11) is 0. The summed E-state index contributed by atoms with van der Waals surface area (Å²) in [6, 6.07) is 54.7. The predicted octanol–water partition coefficient (Wildman–Crippen LogP) is 10.5. The van der Waals surface area contributed by atoms with Gasteiger partial charge in [0.1, 0.15) is 5.41 Å². The van der Waals surface area contributed by atoms with Crippen molar-refractivity contribution < 1.29 is 0 Å². The Kier molecular flexibility index (Phi) is 7.64. The Balaban J connectivity index is 1.16. The maximum absolute atomic E-state index is 3.92. The van der Waals surface area contributed by atoms with E-state index in [1.165, 1.54) is 43.8 Å². The molecule has 0 fully saturated rings. The monoisotopic (exact) mass is 639 g/mol. The van der Waals surface area contributed by atoms with Crippen LogP contribution in [0.1, 0.15) is 47.4 Å². The Labute approximate surface area is 294 Å². The fourth-order valence-corrected chi connectivity index (χ4v) is 8.02. The van der Waals surface area contributed by atoms with Crippen LogP contribution in [0.25, 0.3) is 23.3 Å². The van der Waals surface area contributed by atoms with Crippen LogP contribution < -0.4 is 15.3 Å². The van der Waals surface area contributed by atoms with Crippen LogP contribution in [-0.2, 0) is 5.41 Å². The molecular formula is C49H37N. The zero-order valence-corrected chi connectivity index (χ0v) is 28.0. The molecule has 0 aliphatic heterocycles. The van der Waals surface area contributed by atoms with E-state index >= 15 is 0 Å². The summed E-state index contributed by atoms with van der Waals surface area (Å²) in [5.74, 6) is 7.99. The second-order valence-electron chi connectivity index (χ2n) is 13.4. The molecule has 3 aliphatic carbocycles. The normalized spacial score (nSPS) is 18.2. The number of benzene rings is 6. The van der Waals surface area contributed by atoms with E-state index in [0.29, 0.717) is 5.92 Å². The van der Waals surface area contributed by atoms with Crippen molar-refractivity contribution in [2.24, 2.45) is 0 Å². The molecule has 0 saturated carbocycles. The van der Waals surface area contributed by atoms with Gasteiger partial charge >= 0.3 is 0 Å². The molecule has 238 valence electrons. The Bertz CT molecular complexity index is 2420. The average molecular weight is 640 g/mol. The number of nitrogens with zero attached hydrogens (tertiary/aromatic N) is 1. The highest BCUT2D eigenvalue weighted by Crippen LogP contribution is 2.54. The summed E-state index contributed by atoms with van der Waals surface area (Å²) in [5, 5.41) is 2.65. The van der Waals surface area contributed by atoms with Gasteiger partial charge in [0.2, 0.25) is 0 Å². The van der Waals surface area contributed by atoms with Gasteiger partial charge in [-0.2, -0.15) is 0 Å². The van der Waals surface area contributed by atoms with Crippen molar-refractivity contribution in [2.75, 3.05) is 4.90 Å². The molecule has 0 N–H and O–H groups in total. The van der Waals surface area contributed by atoms with Crippen molar-refractivity contribution >= 4 is 29.2 Å². The van der Waals surface area contributed by atoms with E-state index in [-0.39, 0.29) is 0 Å². The van der Waals surface area contributed by atoms with Crippen LogP contribution in [-0.4, -0.2) is 0 Å². The molecule has 9 rings (SSSR count). The lowest BCUT2D eigenvalue weighted by Gasteiger charge is -2.30. The maximum atomic E-state index is 3.92. The van der Waals surface area contributed by atoms with E-state index in [2.05, 4.69) is 199 Å². The minimum Gasteiger partial charge on any atom is -0.310 e. The fourth-order valence-electron chi connectivity index (χ4n) is 8.02. The molecule has 50 heavy (non-hydrogen) atoms. The van der Waals surface area contributed by atoms with Crippen LogP contribution in [0.5, 0.6) is 0 Å². The summed E-state index contributed by atoms with van der Waals surface area (Å²) < 4.78 is 0. The Morgan fingerprint density at radius 3 is 1.98 bits per heavy atom. The second kappa shape index (κ2) is 12.7. The Morgan fingerprint density at radius 1 is 0.560 bits per heavy atom. The molecule has 0 saturated heterocycles. The van der Waals surface area contributed by atoms with Crippen molar-refractivity contribution in [1.82, 2.24) is 0 Å². The first-order valence-corrected chi connectivity index (χ1v) is 17.7. The molecule has 0 spiro atoms. The standard InChI is InChI=1S/C49H37N/c1-4-16-41(17-5-1)49(33-32-36-24-26-38(27-25-36)40-29-28-37-14-10-11-15-39(37)34-40)47-23-13-12-22-45(47)46-35-44(30-31-48(46)49)50(42-18-6-2-7-19-42)43-20-8-3-9-21-43/h2-4,6-28,30-31,34-35,40H,1,5,29H2. The summed E-state index contributed by atoms with van der Waals surface area (Å²) in [6.45, 7) is 0. The van der Waals surface area contributed by atoms with E-state index in [4.69, 9.17) is 0 Å². The topological polar surface area (TPSA) is 3.24 Å². The molecule has 1 heteroatoms. The van der Waals surface area contributed by atoms with Crippen LogP contribution in [0.3, 0.4) is 0 Å². The highest BCUT2D eigenvalue weighted by atomic mass is 15.1. The van der Waals surface area contributed by atoms with Gasteiger partial charge in [0.05, 0.1) is 0 Å². The SMILES string of the molecule is C(#CC1(C2=CCCC=C2)c2ccccc2-c2cc(N(c3ccccc3)c3ccccc3)ccc21)c1ccc(C2C=c3ccccc3=CC2)cc1. The molecule has 0 aromatic heterocycles. The number of fused-ring (bicyclic) bond motifs is 4. The minimum atomic E-state index is -0.569. The zero-order valence-electron chi connectivity index (χ0n) is 28.0. The summed E-state index contributed by atoms with van der Waals surface area (Å²) in [4.78, 5) is 2.34. The Hall–Kier alpha value is -6.10. The lowest BCUT2D eigenvalue weighted by Crippen LogP contribution is -2.27. The number of allylic oxidation sites excluding steroid dienone is 4. The maximum Gasteiger partial charge on any atom is 0.107 e. The van der Waals surface area contributed by atoms with Gasteiger partial charge in [0.25, 0.3) is 0 Å². The van der Waals surface area contributed by atoms with Gasteiger partial charge in [-0.25, -0.2) is 0 Å². The van der Waals surface area contributed by atoms with Gasteiger partial charge < -0.3 is 4.90 Å². The number of hydrogen-bond acceptors (Lipinski definition) is 1. The first kappa shape index (κ1) is 30.0. The van der Waals surface area contributed by atoms with E-state index in [1.807, 2.05) is 0 Å². The molecule has 6 aromatic rings. The van der Waals surface area contributed by atoms with E-state index in [1.54, 1.807) is 0 Å². The third kappa shape index (κ3) is 5.22. The number of anilines is 3. The van der Waals surface area contributed by atoms with Crippen molar-refractivity contribution in [3.8, 4) is 23.0 Å². The van der Waals surface area contributed by atoms with Crippen molar-refractivity contribution in [3.63, 3.8) is 0 Å². The molecule has 6 aromatic carbocycles. The fraction of sp³-hybridized carbons (Fsp3) is 0.102. The molecule has 1 nitrogen and oxygen atoms in total. The van der Waals surface area contributed by atoms with Crippen molar-refractivity contribution in [3.05, 3.63) is 208 Å². The molecule has 2 unspecified atom stereocenters. The summed E-state index contributed by atoms with van der Waals surface area (Å²) >= 11 is 0. The van der Waals surface area contributed by atoms with Crippen molar-refractivity contribution in [2.45, 2.75) is 30.6 Å². The number of rotatable bonds is 5. The van der Waals surface area contributed by atoms with Gasteiger partial charge in [-0.05, 0) is 112 Å². The highest BCUT2D eigenvalue weighted by molar-refractivity contribution is 5.90. The molecular weight excluding hydrogens is 603 g/mol. The molecule has 3 aliphatic rings. The molecule has 0 radical (unpaired) electrons. The van der Waals surface area contributed by atoms with Crippen LogP contribution >= 0.6 is 0 Å². The van der Waals surface area contributed by atoms with E-state index in [0.717, 1.165) is 41.9 Å². The second-order valence-corrected chi connectivity index (χ2v) is 13.4. The van der Waals surface area contributed by atoms with Crippen LogP contribution in [0.2, 0.25) is 0 Å². The molecule has 0 amide bonds. The first-order chi connectivity index (χ1) is 24.8. The molecule has 0 bridgehead atoms. The third-order valence-corrected chi connectivity index (χ3v) is 10.4. The van der Waals surface area contributed by atoms with Gasteiger partial charge in [-0.3, -0.25) is 0 Å². The van der Waals surface area contributed by atoms with Gasteiger partial charge in [-0.1, -0.05) is 145 Å². The van der Waals surface area contributed by atoms with Crippen LogP contribution in [0.4, 0.5) is 17.1 Å². The minimum absolute atomic E-state index is 0.380. The summed E-state index contributed by atoms with van der Waals surface area (Å²) in [6.07, 6.45) is 14.9. The third-order valence-electron chi connectivity index (χ3n) is 10.4. The van der Waals surface area contributed by atoms with E-state index < -0.39 is 5.41 Å². The van der Waals surface area contributed by atoms with E-state index in [9.17, 15) is 0 Å². The van der Waals surface area contributed by atoms with Crippen LogP contribution in [0, 0.1) is 11.8 Å². The van der Waals surface area contributed by atoms with Crippen LogP contribution in [0.15, 0.2) is 175 Å². The lowest BCUT2D eigenvalue weighted by atomic mass is 9.71. The molecule has 2 atom stereocenters. The average Bonchev–Trinajstić information content (AvgIpc) is 3.48. The zero-order chi connectivity index (χ0) is 33.3. The van der Waals surface area contributed by atoms with Gasteiger partial charge in [0, 0.05) is 28.5 Å². The molecule has 0 heterocycles. The smallest absolute Gasteiger partial charge is 0.107 e. The van der Waals surface area contributed by atoms with Gasteiger partial charge in [0.15, 0.2) is 0 Å². The first-order valence-electron chi connectivity index (χ1n) is 17.7. The number of hydrogen-bond donors (Lipinski definition) is 0. The quantitative estimate of drug-likeness (QED) is 0.170. The largest absolute Gasteiger partial charge is 0.310 e. The van der Waals surface area contributed by atoms with Crippen molar-refractivity contribution in [1.29, 1.82) is 0 Å².